The van der Waals surface area contributed by atoms with E-state index in [0.29, 0.717) is 5.56 Å². The van der Waals surface area contributed by atoms with Crippen molar-refractivity contribution in [3.8, 4) is 0 Å². The summed E-state index contributed by atoms with van der Waals surface area (Å²) in [6.45, 7) is 5.96. The third kappa shape index (κ3) is 3.45. The van der Waals surface area contributed by atoms with Crippen molar-refractivity contribution in [1.82, 2.24) is 0 Å². The van der Waals surface area contributed by atoms with E-state index in [1.807, 2.05) is 58.2 Å². The van der Waals surface area contributed by atoms with E-state index < -0.39 is 0 Å². The van der Waals surface area contributed by atoms with Crippen LogP contribution in [0.15, 0.2) is 34.8 Å². The summed E-state index contributed by atoms with van der Waals surface area (Å²) in [5, 5.41) is 6.08. The highest BCUT2D eigenvalue weighted by molar-refractivity contribution is 9.10. The third-order valence-electron chi connectivity index (χ3n) is 3.43. The maximum absolute atomic E-state index is 12.6. The molecule has 2 aromatic carbocycles. The number of hydrogen-bond acceptors (Lipinski definition) is 2. The van der Waals surface area contributed by atoms with Gasteiger partial charge >= 0.3 is 0 Å². The molecule has 110 valence electrons. The Kier molecular flexibility index (Phi) is 4.68. The van der Waals surface area contributed by atoms with Gasteiger partial charge in [-0.05, 0) is 56.2 Å². The first-order valence-electron chi connectivity index (χ1n) is 6.79. The number of nitrogens with one attached hydrogen (secondary N) is 2. The number of halogens is 1. The molecule has 0 unspecified atom stereocenters. The van der Waals surface area contributed by atoms with E-state index in [0.717, 1.165) is 32.5 Å². The summed E-state index contributed by atoms with van der Waals surface area (Å²) in [5.41, 5.74) is 5.47. The monoisotopic (exact) mass is 346 g/mol. The molecule has 3 nitrogen and oxygen atoms in total. The third-order valence-corrected chi connectivity index (χ3v) is 3.88. The molecule has 4 heteroatoms. The average molecular weight is 347 g/mol. The molecule has 2 N–H and O–H groups in total. The topological polar surface area (TPSA) is 41.1 Å². The van der Waals surface area contributed by atoms with Crippen LogP contribution in [0, 0.1) is 20.8 Å². The molecule has 2 rings (SSSR count). The van der Waals surface area contributed by atoms with E-state index in [2.05, 4.69) is 26.6 Å². The van der Waals surface area contributed by atoms with Crippen LogP contribution >= 0.6 is 15.9 Å². The van der Waals surface area contributed by atoms with E-state index in [-0.39, 0.29) is 5.91 Å². The minimum atomic E-state index is -0.100. The smallest absolute Gasteiger partial charge is 0.257 e. The highest BCUT2D eigenvalue weighted by Crippen LogP contribution is 2.26. The lowest BCUT2D eigenvalue weighted by atomic mass is 10.1. The van der Waals surface area contributed by atoms with Crippen LogP contribution in [0.2, 0.25) is 0 Å². The molecule has 1 amide bonds. The Labute approximate surface area is 133 Å². The molecule has 0 atom stereocenters. The van der Waals surface area contributed by atoms with Crippen LogP contribution in [0.1, 0.15) is 27.0 Å². The van der Waals surface area contributed by atoms with Crippen LogP contribution in [0.3, 0.4) is 0 Å². The van der Waals surface area contributed by atoms with Gasteiger partial charge in [-0.3, -0.25) is 4.79 Å². The molecular formula is C17H19BrN2O. The van der Waals surface area contributed by atoms with Crippen LogP contribution in [0.25, 0.3) is 0 Å². The van der Waals surface area contributed by atoms with Gasteiger partial charge in [-0.15, -0.1) is 0 Å². The average Bonchev–Trinajstić information content (AvgIpc) is 2.42. The van der Waals surface area contributed by atoms with Gasteiger partial charge in [0.2, 0.25) is 0 Å². The zero-order valence-electron chi connectivity index (χ0n) is 12.7. The normalized spacial score (nSPS) is 10.3. The number of aryl methyl sites for hydroxylation is 3. The summed E-state index contributed by atoms with van der Waals surface area (Å²) < 4.78 is 1.02. The number of amides is 1. The summed E-state index contributed by atoms with van der Waals surface area (Å²) in [7, 11) is 1.82. The molecule has 0 bridgehead atoms. The van der Waals surface area contributed by atoms with Crippen molar-refractivity contribution >= 4 is 33.2 Å². The zero-order chi connectivity index (χ0) is 15.6. The molecule has 0 aliphatic carbocycles. The van der Waals surface area contributed by atoms with E-state index >= 15 is 0 Å². The molecule has 0 saturated heterocycles. The van der Waals surface area contributed by atoms with Crippen molar-refractivity contribution in [3.05, 3.63) is 57.1 Å². The van der Waals surface area contributed by atoms with Crippen LogP contribution in [-0.2, 0) is 0 Å². The van der Waals surface area contributed by atoms with Crippen molar-refractivity contribution in [2.24, 2.45) is 0 Å². The maximum Gasteiger partial charge on any atom is 0.257 e. The summed E-state index contributed by atoms with van der Waals surface area (Å²) in [6, 6.07) is 9.80. The minimum absolute atomic E-state index is 0.100. The SMILES string of the molecule is CNc1ccc(C)cc1C(=O)Nc1c(C)cc(Br)cc1C. The Hall–Kier alpha value is -1.81. The van der Waals surface area contributed by atoms with Gasteiger partial charge in [0.15, 0.2) is 0 Å². The number of carbonyl (C=O) groups excluding carboxylic acids is 1. The Morgan fingerprint density at radius 3 is 2.24 bits per heavy atom. The number of hydrogen-bond donors (Lipinski definition) is 2. The standard InChI is InChI=1S/C17H19BrN2O/c1-10-5-6-15(19-4)14(7-10)17(21)20-16-11(2)8-13(18)9-12(16)3/h5-9,19H,1-4H3,(H,20,21). The number of carbonyl (C=O) groups is 1. The number of rotatable bonds is 3. The van der Waals surface area contributed by atoms with Crippen molar-refractivity contribution in [1.29, 1.82) is 0 Å². The van der Waals surface area contributed by atoms with Crippen molar-refractivity contribution in [3.63, 3.8) is 0 Å². The largest absolute Gasteiger partial charge is 0.387 e. The Morgan fingerprint density at radius 1 is 1.05 bits per heavy atom. The lowest BCUT2D eigenvalue weighted by molar-refractivity contribution is 0.102. The number of benzene rings is 2. The van der Waals surface area contributed by atoms with Gasteiger partial charge in [0.1, 0.15) is 0 Å². The molecule has 0 heterocycles. The van der Waals surface area contributed by atoms with Gasteiger partial charge < -0.3 is 10.6 Å². The van der Waals surface area contributed by atoms with E-state index in [9.17, 15) is 4.79 Å². The van der Waals surface area contributed by atoms with Crippen LogP contribution < -0.4 is 10.6 Å². The molecule has 0 aliphatic heterocycles. The Balaban J connectivity index is 2.37. The highest BCUT2D eigenvalue weighted by atomic mass is 79.9. The van der Waals surface area contributed by atoms with E-state index in [4.69, 9.17) is 0 Å². The first-order valence-corrected chi connectivity index (χ1v) is 7.58. The Bertz CT molecular complexity index is 672. The second kappa shape index (κ2) is 6.31. The molecule has 0 aliphatic rings. The van der Waals surface area contributed by atoms with Crippen LogP contribution in [0.4, 0.5) is 11.4 Å². The van der Waals surface area contributed by atoms with E-state index in [1.54, 1.807) is 0 Å². The first kappa shape index (κ1) is 15.6. The van der Waals surface area contributed by atoms with Crippen molar-refractivity contribution in [2.75, 3.05) is 17.7 Å². The Morgan fingerprint density at radius 2 is 1.67 bits per heavy atom. The molecular weight excluding hydrogens is 328 g/mol. The molecule has 21 heavy (non-hydrogen) atoms. The fraction of sp³-hybridized carbons (Fsp3) is 0.235. The number of anilines is 2. The molecule has 0 aromatic heterocycles. The molecule has 0 spiro atoms. The summed E-state index contributed by atoms with van der Waals surface area (Å²) in [4.78, 5) is 12.6. The highest BCUT2D eigenvalue weighted by Gasteiger charge is 2.14. The van der Waals surface area contributed by atoms with Gasteiger partial charge in [0.25, 0.3) is 5.91 Å². The first-order chi connectivity index (χ1) is 9.92. The fourth-order valence-electron chi connectivity index (χ4n) is 2.35. The molecule has 0 fully saturated rings. The lowest BCUT2D eigenvalue weighted by Crippen LogP contribution is -2.15. The van der Waals surface area contributed by atoms with Crippen LogP contribution in [-0.4, -0.2) is 13.0 Å². The summed E-state index contributed by atoms with van der Waals surface area (Å²) >= 11 is 3.47. The van der Waals surface area contributed by atoms with Gasteiger partial charge in [-0.2, -0.15) is 0 Å². The zero-order valence-corrected chi connectivity index (χ0v) is 14.3. The van der Waals surface area contributed by atoms with Crippen LogP contribution in [0.5, 0.6) is 0 Å². The fourth-order valence-corrected chi connectivity index (χ4v) is 3.04. The van der Waals surface area contributed by atoms with Gasteiger partial charge in [0.05, 0.1) is 5.56 Å². The van der Waals surface area contributed by atoms with Crippen molar-refractivity contribution < 1.29 is 4.79 Å². The maximum atomic E-state index is 12.6. The predicted molar refractivity (Wildman–Crippen MR) is 92.3 cm³/mol. The van der Waals surface area contributed by atoms with Gasteiger partial charge in [-0.25, -0.2) is 0 Å². The van der Waals surface area contributed by atoms with Gasteiger partial charge in [-0.1, -0.05) is 27.6 Å². The minimum Gasteiger partial charge on any atom is -0.387 e. The molecule has 0 radical (unpaired) electrons. The summed E-state index contributed by atoms with van der Waals surface area (Å²) in [5.74, 6) is -0.100. The van der Waals surface area contributed by atoms with Gasteiger partial charge in [0, 0.05) is 22.9 Å². The predicted octanol–water partition coefficient (Wildman–Crippen LogP) is 4.67. The van der Waals surface area contributed by atoms with Crippen molar-refractivity contribution in [2.45, 2.75) is 20.8 Å². The second-order valence-corrected chi connectivity index (χ2v) is 6.08. The van der Waals surface area contributed by atoms with E-state index in [1.165, 1.54) is 0 Å². The quantitative estimate of drug-likeness (QED) is 0.847. The molecule has 2 aromatic rings. The lowest BCUT2D eigenvalue weighted by Gasteiger charge is -2.14. The second-order valence-electron chi connectivity index (χ2n) is 5.17. The molecule has 0 saturated carbocycles. The summed E-state index contributed by atoms with van der Waals surface area (Å²) in [6.07, 6.45) is 0.